The van der Waals surface area contributed by atoms with E-state index in [0.29, 0.717) is 13.0 Å². The fourth-order valence-electron chi connectivity index (χ4n) is 2.56. The summed E-state index contributed by atoms with van der Waals surface area (Å²) >= 11 is 0. The van der Waals surface area contributed by atoms with Gasteiger partial charge in [0.05, 0.1) is 19.1 Å². The van der Waals surface area contributed by atoms with Crippen molar-refractivity contribution in [2.75, 3.05) is 20.3 Å². The lowest BCUT2D eigenvalue weighted by molar-refractivity contribution is -0.157. The minimum Gasteiger partial charge on any atom is -0.496 e. The summed E-state index contributed by atoms with van der Waals surface area (Å²) in [5.41, 5.74) is 7.37. The van der Waals surface area contributed by atoms with E-state index in [4.69, 9.17) is 15.2 Å². The van der Waals surface area contributed by atoms with Crippen LogP contribution in [0, 0.1) is 18.3 Å². The molecule has 1 rings (SSSR count). The van der Waals surface area contributed by atoms with Gasteiger partial charge in [0.25, 0.3) is 0 Å². The summed E-state index contributed by atoms with van der Waals surface area (Å²) in [6.45, 7) is 8.45. The van der Waals surface area contributed by atoms with Gasteiger partial charge in [0.2, 0.25) is 0 Å². The van der Waals surface area contributed by atoms with E-state index in [1.54, 1.807) is 7.11 Å². The number of methoxy groups -OCH3 is 1. The van der Waals surface area contributed by atoms with Gasteiger partial charge in [-0.2, -0.15) is 0 Å². The Balaban J connectivity index is 3.23. The van der Waals surface area contributed by atoms with E-state index < -0.39 is 5.41 Å². The molecule has 1 aromatic carbocycles. The SMILES string of the molecule is CCOC(=O)C(CN)(Cc1cc(C)ccc1OC)C(C)C. The first-order valence-corrected chi connectivity index (χ1v) is 7.42. The molecular formula is C17H27NO3. The second-order valence-corrected chi connectivity index (χ2v) is 5.73. The van der Waals surface area contributed by atoms with Gasteiger partial charge >= 0.3 is 5.97 Å². The second-order valence-electron chi connectivity index (χ2n) is 5.73. The minimum atomic E-state index is -0.725. The van der Waals surface area contributed by atoms with Gasteiger partial charge in [-0.25, -0.2) is 0 Å². The molecule has 0 spiro atoms. The summed E-state index contributed by atoms with van der Waals surface area (Å²) in [4.78, 5) is 12.5. The van der Waals surface area contributed by atoms with Crippen LogP contribution in [0.5, 0.6) is 5.75 Å². The van der Waals surface area contributed by atoms with E-state index in [1.807, 2.05) is 45.9 Å². The van der Waals surface area contributed by atoms with Gasteiger partial charge in [-0.05, 0) is 37.8 Å². The summed E-state index contributed by atoms with van der Waals surface area (Å²) in [5.74, 6) is 0.626. The van der Waals surface area contributed by atoms with Crippen molar-refractivity contribution in [2.45, 2.75) is 34.1 Å². The number of carbonyl (C=O) groups excluding carboxylic acids is 1. The molecule has 0 amide bonds. The zero-order chi connectivity index (χ0) is 16.0. The molecule has 1 unspecified atom stereocenters. The van der Waals surface area contributed by atoms with Gasteiger partial charge < -0.3 is 15.2 Å². The van der Waals surface area contributed by atoms with Crippen molar-refractivity contribution in [3.63, 3.8) is 0 Å². The van der Waals surface area contributed by atoms with Crippen molar-refractivity contribution in [3.05, 3.63) is 29.3 Å². The monoisotopic (exact) mass is 293 g/mol. The number of benzene rings is 1. The lowest BCUT2D eigenvalue weighted by Gasteiger charge is -2.34. The Hall–Kier alpha value is -1.55. The number of hydrogen-bond donors (Lipinski definition) is 1. The Bertz CT molecular complexity index is 485. The third-order valence-corrected chi connectivity index (χ3v) is 4.09. The van der Waals surface area contributed by atoms with Crippen LogP contribution < -0.4 is 10.5 Å². The first-order chi connectivity index (χ1) is 9.91. The molecule has 0 aliphatic rings. The number of nitrogens with two attached hydrogens (primary N) is 1. The van der Waals surface area contributed by atoms with Crippen molar-refractivity contribution in [2.24, 2.45) is 17.1 Å². The predicted octanol–water partition coefficient (Wildman–Crippen LogP) is 2.71. The molecule has 0 fully saturated rings. The van der Waals surface area contributed by atoms with Crippen molar-refractivity contribution in [3.8, 4) is 5.75 Å². The van der Waals surface area contributed by atoms with E-state index in [0.717, 1.165) is 16.9 Å². The highest BCUT2D eigenvalue weighted by atomic mass is 16.5. The van der Waals surface area contributed by atoms with Crippen LogP contribution >= 0.6 is 0 Å². The van der Waals surface area contributed by atoms with Crippen molar-refractivity contribution < 1.29 is 14.3 Å². The van der Waals surface area contributed by atoms with Crippen LogP contribution in [0.1, 0.15) is 31.9 Å². The molecular weight excluding hydrogens is 266 g/mol. The number of hydrogen-bond acceptors (Lipinski definition) is 4. The second kappa shape index (κ2) is 7.46. The molecule has 1 atom stereocenters. The maximum atomic E-state index is 12.5. The average Bonchev–Trinajstić information content (AvgIpc) is 2.44. The van der Waals surface area contributed by atoms with Gasteiger partial charge in [-0.15, -0.1) is 0 Å². The predicted molar refractivity (Wildman–Crippen MR) is 84.4 cm³/mol. The van der Waals surface area contributed by atoms with Gasteiger partial charge in [0, 0.05) is 6.54 Å². The van der Waals surface area contributed by atoms with Crippen LogP contribution in [0.25, 0.3) is 0 Å². The van der Waals surface area contributed by atoms with E-state index >= 15 is 0 Å². The molecule has 118 valence electrons. The maximum Gasteiger partial charge on any atom is 0.313 e. The van der Waals surface area contributed by atoms with Gasteiger partial charge in [0.1, 0.15) is 5.75 Å². The summed E-state index contributed by atoms with van der Waals surface area (Å²) in [6.07, 6.45) is 0.519. The molecule has 21 heavy (non-hydrogen) atoms. The number of ether oxygens (including phenoxy) is 2. The zero-order valence-electron chi connectivity index (χ0n) is 13.7. The molecule has 0 aliphatic carbocycles. The zero-order valence-corrected chi connectivity index (χ0v) is 13.7. The lowest BCUT2D eigenvalue weighted by atomic mass is 9.72. The van der Waals surface area contributed by atoms with Crippen LogP contribution in [-0.4, -0.2) is 26.2 Å². The summed E-state index contributed by atoms with van der Waals surface area (Å²) in [5, 5.41) is 0. The molecule has 2 N–H and O–H groups in total. The van der Waals surface area contributed by atoms with E-state index in [-0.39, 0.29) is 18.4 Å². The summed E-state index contributed by atoms with van der Waals surface area (Å²) in [6, 6.07) is 5.97. The molecule has 0 aromatic heterocycles. The molecule has 1 aromatic rings. The molecule has 0 saturated heterocycles. The normalized spacial score (nSPS) is 13.9. The van der Waals surface area contributed by atoms with E-state index in [1.165, 1.54) is 0 Å². The Labute approximate surface area is 127 Å². The Morgan fingerprint density at radius 2 is 2.05 bits per heavy atom. The molecule has 0 saturated carbocycles. The van der Waals surface area contributed by atoms with Crippen LogP contribution in [0.15, 0.2) is 18.2 Å². The Morgan fingerprint density at radius 1 is 1.38 bits per heavy atom. The van der Waals surface area contributed by atoms with Crippen LogP contribution in [0.4, 0.5) is 0 Å². The van der Waals surface area contributed by atoms with Gasteiger partial charge in [0.15, 0.2) is 0 Å². The highest BCUT2D eigenvalue weighted by Gasteiger charge is 2.42. The fraction of sp³-hybridized carbons (Fsp3) is 0.588. The Morgan fingerprint density at radius 3 is 2.52 bits per heavy atom. The summed E-state index contributed by atoms with van der Waals surface area (Å²) < 4.78 is 10.7. The highest BCUT2D eigenvalue weighted by molar-refractivity contribution is 5.78. The number of aryl methyl sites for hydroxylation is 1. The van der Waals surface area contributed by atoms with E-state index in [9.17, 15) is 4.79 Å². The third kappa shape index (κ3) is 3.76. The lowest BCUT2D eigenvalue weighted by Crippen LogP contribution is -2.46. The van der Waals surface area contributed by atoms with Gasteiger partial charge in [-0.1, -0.05) is 31.5 Å². The number of esters is 1. The fourth-order valence-corrected chi connectivity index (χ4v) is 2.56. The van der Waals surface area contributed by atoms with Crippen molar-refractivity contribution in [1.82, 2.24) is 0 Å². The smallest absolute Gasteiger partial charge is 0.313 e. The molecule has 4 heteroatoms. The Kier molecular flexibility index (Phi) is 6.21. The summed E-state index contributed by atoms with van der Waals surface area (Å²) in [7, 11) is 1.64. The first kappa shape index (κ1) is 17.5. The number of rotatable bonds is 7. The standard InChI is InChI=1S/C17H27NO3/c1-6-21-16(19)17(11-18,12(2)3)10-14-9-13(4)7-8-15(14)20-5/h7-9,12H,6,10-11,18H2,1-5H3. The third-order valence-electron chi connectivity index (χ3n) is 4.09. The van der Waals surface area contributed by atoms with Crippen LogP contribution in [0.2, 0.25) is 0 Å². The van der Waals surface area contributed by atoms with Crippen molar-refractivity contribution in [1.29, 1.82) is 0 Å². The number of carbonyl (C=O) groups is 1. The highest BCUT2D eigenvalue weighted by Crippen LogP contribution is 2.35. The first-order valence-electron chi connectivity index (χ1n) is 7.42. The maximum absolute atomic E-state index is 12.5. The van der Waals surface area contributed by atoms with E-state index in [2.05, 4.69) is 0 Å². The molecule has 0 aliphatic heterocycles. The van der Waals surface area contributed by atoms with Crippen LogP contribution in [0.3, 0.4) is 0 Å². The molecule has 0 radical (unpaired) electrons. The topological polar surface area (TPSA) is 61.5 Å². The minimum absolute atomic E-state index is 0.0757. The van der Waals surface area contributed by atoms with Crippen LogP contribution in [-0.2, 0) is 16.0 Å². The van der Waals surface area contributed by atoms with Gasteiger partial charge in [-0.3, -0.25) is 4.79 Å². The molecule has 0 bridgehead atoms. The average molecular weight is 293 g/mol. The molecule has 4 nitrogen and oxygen atoms in total. The van der Waals surface area contributed by atoms with Crippen molar-refractivity contribution >= 4 is 5.97 Å². The molecule has 0 heterocycles. The quantitative estimate of drug-likeness (QED) is 0.785. The largest absolute Gasteiger partial charge is 0.496 e.